The Morgan fingerprint density at radius 1 is 1.21 bits per heavy atom. The lowest BCUT2D eigenvalue weighted by molar-refractivity contribution is 0.412. The van der Waals surface area contributed by atoms with Gasteiger partial charge in [-0.25, -0.2) is 17.5 Å². The second-order valence-electron chi connectivity index (χ2n) is 6.04. The topological polar surface area (TPSA) is 55.4 Å². The van der Waals surface area contributed by atoms with E-state index in [-0.39, 0.29) is 10.9 Å². The Hall–Kier alpha value is -1.92. The number of benzene rings is 2. The van der Waals surface area contributed by atoms with E-state index in [1.165, 1.54) is 18.2 Å². The fourth-order valence-corrected chi connectivity index (χ4v) is 4.68. The van der Waals surface area contributed by atoms with Crippen molar-refractivity contribution in [3.8, 4) is 5.75 Å². The van der Waals surface area contributed by atoms with Gasteiger partial charge in [0.05, 0.1) is 12.0 Å². The van der Waals surface area contributed by atoms with Gasteiger partial charge in [-0.3, -0.25) is 0 Å². The van der Waals surface area contributed by atoms with E-state index in [1.807, 2.05) is 18.2 Å². The van der Waals surface area contributed by atoms with Gasteiger partial charge in [-0.15, -0.1) is 0 Å². The maximum Gasteiger partial charge on any atom is 0.241 e. The van der Waals surface area contributed by atoms with E-state index < -0.39 is 15.8 Å². The van der Waals surface area contributed by atoms with Gasteiger partial charge in [0.25, 0.3) is 0 Å². The highest BCUT2D eigenvalue weighted by Crippen LogP contribution is 2.33. The highest BCUT2D eigenvalue weighted by molar-refractivity contribution is 7.89. The summed E-state index contributed by atoms with van der Waals surface area (Å²) in [4.78, 5) is 0.115. The summed E-state index contributed by atoms with van der Waals surface area (Å²) in [5.74, 6) is 0.327. The number of nitrogens with one attached hydrogen (secondary N) is 1. The van der Waals surface area contributed by atoms with Crippen molar-refractivity contribution in [1.82, 2.24) is 4.72 Å². The van der Waals surface area contributed by atoms with E-state index in [0.29, 0.717) is 5.56 Å². The van der Waals surface area contributed by atoms with Crippen molar-refractivity contribution in [2.45, 2.75) is 37.1 Å². The Labute approximate surface area is 141 Å². The quantitative estimate of drug-likeness (QED) is 0.919. The van der Waals surface area contributed by atoms with Crippen molar-refractivity contribution in [1.29, 1.82) is 0 Å². The third-order valence-electron chi connectivity index (χ3n) is 4.39. The van der Waals surface area contributed by atoms with E-state index in [2.05, 4.69) is 4.72 Å². The van der Waals surface area contributed by atoms with Gasteiger partial charge in [-0.1, -0.05) is 6.07 Å². The molecule has 2 aromatic carbocycles. The number of aryl methyl sites for hydroxylation is 2. The van der Waals surface area contributed by atoms with Gasteiger partial charge in [-0.05, 0) is 73.2 Å². The molecule has 0 saturated heterocycles. The van der Waals surface area contributed by atoms with E-state index >= 15 is 0 Å². The molecule has 6 heteroatoms. The minimum absolute atomic E-state index is 0.115. The minimum atomic E-state index is -3.71. The number of halogens is 1. The summed E-state index contributed by atoms with van der Waals surface area (Å²) in [6, 6.07) is 9.14. The molecule has 1 atom stereocenters. The average molecular weight is 349 g/mol. The SMILES string of the molecule is COc1ccc2c(c1)CCCC2NS(=O)(=O)c1ccc(F)cc1C. The molecule has 1 aliphatic rings. The van der Waals surface area contributed by atoms with Crippen molar-refractivity contribution in [3.05, 3.63) is 58.9 Å². The van der Waals surface area contributed by atoms with Gasteiger partial charge in [0, 0.05) is 6.04 Å². The van der Waals surface area contributed by atoms with Crippen molar-refractivity contribution >= 4 is 10.0 Å². The Balaban J connectivity index is 1.92. The first-order valence-electron chi connectivity index (χ1n) is 7.86. The molecule has 0 saturated carbocycles. The number of sulfonamides is 1. The number of methoxy groups -OCH3 is 1. The molecule has 0 bridgehead atoms. The molecule has 0 aliphatic heterocycles. The maximum atomic E-state index is 13.2. The largest absolute Gasteiger partial charge is 0.497 e. The predicted molar refractivity (Wildman–Crippen MR) is 90.1 cm³/mol. The summed E-state index contributed by atoms with van der Waals surface area (Å²) >= 11 is 0. The Morgan fingerprint density at radius 3 is 2.71 bits per heavy atom. The summed E-state index contributed by atoms with van der Waals surface area (Å²) < 4.78 is 46.7. The lowest BCUT2D eigenvalue weighted by Crippen LogP contribution is -2.31. The van der Waals surface area contributed by atoms with Crippen LogP contribution < -0.4 is 9.46 Å². The number of fused-ring (bicyclic) bond motifs is 1. The highest BCUT2D eigenvalue weighted by Gasteiger charge is 2.27. The molecule has 3 rings (SSSR count). The second-order valence-corrected chi connectivity index (χ2v) is 7.72. The zero-order chi connectivity index (χ0) is 17.3. The van der Waals surface area contributed by atoms with Crippen LogP contribution in [-0.4, -0.2) is 15.5 Å². The van der Waals surface area contributed by atoms with Crippen LogP contribution in [-0.2, 0) is 16.4 Å². The smallest absolute Gasteiger partial charge is 0.241 e. The van der Waals surface area contributed by atoms with Crippen molar-refractivity contribution < 1.29 is 17.5 Å². The van der Waals surface area contributed by atoms with Gasteiger partial charge in [-0.2, -0.15) is 0 Å². The molecule has 1 N–H and O–H groups in total. The van der Waals surface area contributed by atoms with Gasteiger partial charge < -0.3 is 4.74 Å². The molecule has 2 aromatic rings. The van der Waals surface area contributed by atoms with Gasteiger partial charge in [0.1, 0.15) is 11.6 Å². The molecule has 0 aromatic heterocycles. The van der Waals surface area contributed by atoms with Crippen LogP contribution in [0.2, 0.25) is 0 Å². The average Bonchev–Trinajstić information content (AvgIpc) is 2.54. The first-order chi connectivity index (χ1) is 11.4. The van der Waals surface area contributed by atoms with E-state index in [0.717, 1.165) is 36.1 Å². The highest BCUT2D eigenvalue weighted by atomic mass is 32.2. The number of ether oxygens (including phenoxy) is 1. The molecular formula is C18H20FNO3S. The number of rotatable bonds is 4. The van der Waals surface area contributed by atoms with Crippen LogP contribution in [0.1, 0.15) is 35.6 Å². The zero-order valence-corrected chi connectivity index (χ0v) is 14.5. The Morgan fingerprint density at radius 2 is 2.00 bits per heavy atom. The lowest BCUT2D eigenvalue weighted by Gasteiger charge is -2.27. The second kappa shape index (κ2) is 6.53. The molecule has 0 radical (unpaired) electrons. The summed E-state index contributed by atoms with van der Waals surface area (Å²) in [6.45, 7) is 1.59. The summed E-state index contributed by atoms with van der Waals surface area (Å²) in [5.41, 5.74) is 2.47. The summed E-state index contributed by atoms with van der Waals surface area (Å²) in [6.07, 6.45) is 2.54. The van der Waals surface area contributed by atoms with Crippen LogP contribution in [0.3, 0.4) is 0 Å². The third-order valence-corrected chi connectivity index (χ3v) is 6.02. The zero-order valence-electron chi connectivity index (χ0n) is 13.7. The predicted octanol–water partition coefficient (Wildman–Crippen LogP) is 3.50. The van der Waals surface area contributed by atoms with Crippen molar-refractivity contribution in [3.63, 3.8) is 0 Å². The van der Waals surface area contributed by atoms with Crippen LogP contribution in [0.5, 0.6) is 5.75 Å². The first kappa shape index (κ1) is 16.9. The van der Waals surface area contributed by atoms with Crippen molar-refractivity contribution in [2.75, 3.05) is 7.11 Å². The number of hydrogen-bond donors (Lipinski definition) is 1. The van der Waals surface area contributed by atoms with Gasteiger partial charge >= 0.3 is 0 Å². The van der Waals surface area contributed by atoms with Crippen LogP contribution >= 0.6 is 0 Å². The third kappa shape index (κ3) is 3.30. The molecule has 0 fully saturated rings. The molecule has 4 nitrogen and oxygen atoms in total. The summed E-state index contributed by atoms with van der Waals surface area (Å²) in [7, 11) is -2.10. The molecular weight excluding hydrogens is 329 g/mol. The maximum absolute atomic E-state index is 13.2. The number of hydrogen-bond acceptors (Lipinski definition) is 3. The fourth-order valence-electron chi connectivity index (χ4n) is 3.21. The van der Waals surface area contributed by atoms with Crippen LogP contribution in [0.25, 0.3) is 0 Å². The Bertz CT molecular complexity index is 865. The molecule has 1 unspecified atom stereocenters. The molecule has 0 heterocycles. The standard InChI is InChI=1S/C18H20FNO3S/c1-12-10-14(19)6-9-18(12)24(21,22)20-17-5-3-4-13-11-15(23-2)7-8-16(13)17/h6-11,17,20H,3-5H2,1-2H3. The lowest BCUT2D eigenvalue weighted by atomic mass is 9.88. The monoisotopic (exact) mass is 349 g/mol. The first-order valence-corrected chi connectivity index (χ1v) is 9.34. The fraction of sp³-hybridized carbons (Fsp3) is 0.333. The molecule has 0 spiro atoms. The molecule has 128 valence electrons. The van der Waals surface area contributed by atoms with Crippen molar-refractivity contribution in [2.24, 2.45) is 0 Å². The van der Waals surface area contributed by atoms with Crippen LogP contribution in [0.15, 0.2) is 41.3 Å². The molecule has 24 heavy (non-hydrogen) atoms. The van der Waals surface area contributed by atoms with Crippen LogP contribution in [0, 0.1) is 12.7 Å². The van der Waals surface area contributed by atoms with E-state index in [9.17, 15) is 12.8 Å². The minimum Gasteiger partial charge on any atom is -0.497 e. The van der Waals surface area contributed by atoms with Gasteiger partial charge in [0.2, 0.25) is 10.0 Å². The van der Waals surface area contributed by atoms with Gasteiger partial charge in [0.15, 0.2) is 0 Å². The van der Waals surface area contributed by atoms with Crippen LogP contribution in [0.4, 0.5) is 4.39 Å². The van der Waals surface area contributed by atoms with E-state index in [4.69, 9.17) is 4.74 Å². The summed E-state index contributed by atoms with van der Waals surface area (Å²) in [5, 5.41) is 0. The molecule has 1 aliphatic carbocycles. The van der Waals surface area contributed by atoms with E-state index in [1.54, 1.807) is 14.0 Å². The molecule has 0 amide bonds. The normalized spacial score (nSPS) is 17.4. The Kier molecular flexibility index (Phi) is 4.60.